The van der Waals surface area contributed by atoms with Crippen molar-refractivity contribution in [1.82, 2.24) is 0 Å². The molecule has 9 heteroatoms. The zero-order valence-electron chi connectivity index (χ0n) is 11.2. The van der Waals surface area contributed by atoms with E-state index in [1.165, 1.54) is 13.0 Å². The highest BCUT2D eigenvalue weighted by Gasteiger charge is 2.56. The number of hydrogen-bond acceptors (Lipinski definition) is 2. The van der Waals surface area contributed by atoms with Crippen LogP contribution in [0, 0.1) is 5.92 Å². The molecule has 0 radical (unpaired) electrons. The lowest BCUT2D eigenvalue weighted by atomic mass is 10.1. The number of rotatable bonds is 3. The van der Waals surface area contributed by atoms with Gasteiger partial charge in [-0.3, -0.25) is 9.59 Å². The molecule has 0 aromatic heterocycles. The van der Waals surface area contributed by atoms with Crippen molar-refractivity contribution in [3.63, 3.8) is 0 Å². The van der Waals surface area contributed by atoms with E-state index in [-0.39, 0.29) is 12.1 Å². The molecule has 1 unspecified atom stereocenters. The number of anilines is 2. The molecule has 1 saturated carbocycles. The van der Waals surface area contributed by atoms with E-state index >= 15 is 0 Å². The molecule has 2 N–H and O–H groups in total. The van der Waals surface area contributed by atoms with E-state index in [4.69, 9.17) is 23.2 Å². The van der Waals surface area contributed by atoms with Crippen LogP contribution in [-0.4, -0.2) is 16.1 Å². The van der Waals surface area contributed by atoms with Crippen molar-refractivity contribution in [2.75, 3.05) is 10.6 Å². The topological polar surface area (TPSA) is 58.2 Å². The molecular weight excluding hydrogens is 344 g/mol. The number of alkyl halides is 5. The van der Waals surface area contributed by atoms with Crippen LogP contribution in [0.1, 0.15) is 18.9 Å². The van der Waals surface area contributed by atoms with Crippen LogP contribution in [0.3, 0.4) is 0 Å². The maximum atomic E-state index is 13.1. The van der Waals surface area contributed by atoms with Crippen molar-refractivity contribution in [2.24, 2.45) is 5.92 Å². The van der Waals surface area contributed by atoms with Crippen LogP contribution in [0.4, 0.5) is 24.5 Å². The van der Waals surface area contributed by atoms with Crippen LogP contribution in [0.2, 0.25) is 0 Å². The van der Waals surface area contributed by atoms with Gasteiger partial charge in [0.25, 0.3) is 0 Å². The van der Waals surface area contributed by atoms with Gasteiger partial charge in [0.15, 0.2) is 0 Å². The molecule has 2 amide bonds. The molecule has 1 aromatic carbocycles. The molecule has 22 heavy (non-hydrogen) atoms. The molecule has 1 fully saturated rings. The van der Waals surface area contributed by atoms with Crippen molar-refractivity contribution < 1.29 is 22.8 Å². The third-order valence-corrected chi connectivity index (χ3v) is 3.88. The molecule has 0 spiro atoms. The standard InChI is InChI=1S/C13H11Cl2F3N2O2/c1-6(21)19-7-2-3-10(8(4-7)13(16,17)18)20-11(22)9-5-12(9,14)15/h2-4,9H,5H2,1H3,(H,19,21)(H,20,22). The van der Waals surface area contributed by atoms with Gasteiger partial charge in [-0.05, 0) is 24.6 Å². The number of carbonyl (C=O) groups is 2. The first kappa shape index (κ1) is 16.9. The van der Waals surface area contributed by atoms with Crippen LogP contribution in [0.5, 0.6) is 0 Å². The fourth-order valence-corrected chi connectivity index (χ4v) is 2.39. The number of carbonyl (C=O) groups excluding carboxylic acids is 2. The van der Waals surface area contributed by atoms with Crippen LogP contribution in [0.25, 0.3) is 0 Å². The van der Waals surface area contributed by atoms with Gasteiger partial charge >= 0.3 is 6.18 Å². The van der Waals surface area contributed by atoms with Gasteiger partial charge in [0.1, 0.15) is 4.33 Å². The second kappa shape index (κ2) is 5.62. The van der Waals surface area contributed by atoms with Crippen molar-refractivity contribution in [3.8, 4) is 0 Å². The lowest BCUT2D eigenvalue weighted by Gasteiger charge is -2.15. The van der Waals surface area contributed by atoms with E-state index in [2.05, 4.69) is 10.6 Å². The molecule has 0 heterocycles. The third-order valence-electron chi connectivity index (χ3n) is 3.05. The Bertz CT molecular complexity index is 632. The summed E-state index contributed by atoms with van der Waals surface area (Å²) in [5, 5.41) is 4.43. The maximum absolute atomic E-state index is 13.1. The van der Waals surface area contributed by atoms with Gasteiger partial charge in [0, 0.05) is 12.6 Å². The second-order valence-electron chi connectivity index (χ2n) is 4.95. The smallest absolute Gasteiger partial charge is 0.326 e. The van der Waals surface area contributed by atoms with E-state index in [0.29, 0.717) is 0 Å². The fraction of sp³-hybridized carbons (Fsp3) is 0.385. The van der Waals surface area contributed by atoms with E-state index < -0.39 is 39.5 Å². The zero-order chi connectivity index (χ0) is 16.7. The lowest BCUT2D eigenvalue weighted by molar-refractivity contribution is -0.137. The Kier molecular flexibility index (Phi) is 4.32. The summed E-state index contributed by atoms with van der Waals surface area (Å²) in [6, 6.07) is 3.07. The Balaban J connectivity index is 2.26. The van der Waals surface area contributed by atoms with Crippen molar-refractivity contribution in [1.29, 1.82) is 0 Å². The first-order chi connectivity index (χ1) is 10.0. The highest BCUT2D eigenvalue weighted by Crippen LogP contribution is 2.53. The van der Waals surface area contributed by atoms with E-state index in [9.17, 15) is 22.8 Å². The predicted molar refractivity (Wildman–Crippen MR) is 76.9 cm³/mol. The van der Waals surface area contributed by atoms with Gasteiger partial charge in [-0.25, -0.2) is 0 Å². The number of hydrogen-bond donors (Lipinski definition) is 2. The van der Waals surface area contributed by atoms with Crippen molar-refractivity contribution in [2.45, 2.75) is 23.9 Å². The van der Waals surface area contributed by atoms with Gasteiger partial charge in [-0.2, -0.15) is 13.2 Å². The summed E-state index contributed by atoms with van der Waals surface area (Å²) in [4.78, 5) is 22.7. The molecular formula is C13H11Cl2F3N2O2. The number of halogens is 5. The van der Waals surface area contributed by atoms with E-state index in [1.54, 1.807) is 0 Å². The molecule has 1 atom stereocenters. The van der Waals surface area contributed by atoms with Crippen LogP contribution < -0.4 is 10.6 Å². The Morgan fingerprint density at radius 2 is 1.86 bits per heavy atom. The molecule has 120 valence electrons. The minimum Gasteiger partial charge on any atom is -0.326 e. The first-order valence-corrected chi connectivity index (χ1v) is 6.94. The minimum atomic E-state index is -4.69. The lowest BCUT2D eigenvalue weighted by Crippen LogP contribution is -2.20. The molecule has 0 saturated heterocycles. The molecule has 1 aliphatic carbocycles. The highest BCUT2D eigenvalue weighted by molar-refractivity contribution is 6.52. The largest absolute Gasteiger partial charge is 0.418 e. The third kappa shape index (κ3) is 3.84. The number of nitrogens with one attached hydrogen (secondary N) is 2. The fourth-order valence-electron chi connectivity index (χ4n) is 1.89. The summed E-state index contributed by atoms with van der Waals surface area (Å²) in [6.45, 7) is 1.18. The normalized spacial score (nSPS) is 19.5. The molecule has 0 bridgehead atoms. The van der Waals surface area contributed by atoms with E-state index in [0.717, 1.165) is 12.1 Å². The predicted octanol–water partition coefficient (Wildman–Crippen LogP) is 3.80. The quantitative estimate of drug-likeness (QED) is 0.811. The number of benzene rings is 1. The summed E-state index contributed by atoms with van der Waals surface area (Å²) in [7, 11) is 0. The van der Waals surface area contributed by atoms with Crippen LogP contribution >= 0.6 is 23.2 Å². The Hall–Kier alpha value is -1.47. The molecule has 1 aliphatic rings. The summed E-state index contributed by atoms with van der Waals surface area (Å²) < 4.78 is 38.0. The monoisotopic (exact) mass is 354 g/mol. The van der Waals surface area contributed by atoms with Gasteiger partial charge in [-0.15, -0.1) is 23.2 Å². The van der Waals surface area contributed by atoms with Gasteiger partial charge in [0.05, 0.1) is 17.2 Å². The highest BCUT2D eigenvalue weighted by atomic mass is 35.5. The molecule has 0 aliphatic heterocycles. The van der Waals surface area contributed by atoms with Crippen LogP contribution in [-0.2, 0) is 15.8 Å². The van der Waals surface area contributed by atoms with Crippen LogP contribution in [0.15, 0.2) is 18.2 Å². The second-order valence-corrected chi connectivity index (χ2v) is 6.49. The Morgan fingerprint density at radius 1 is 1.27 bits per heavy atom. The maximum Gasteiger partial charge on any atom is 0.418 e. The average molecular weight is 355 g/mol. The Morgan fingerprint density at radius 3 is 2.32 bits per heavy atom. The van der Waals surface area contributed by atoms with Gasteiger partial charge in [0.2, 0.25) is 11.8 Å². The summed E-state index contributed by atoms with van der Waals surface area (Å²) in [5.41, 5.74) is -1.50. The zero-order valence-corrected chi connectivity index (χ0v) is 12.7. The summed E-state index contributed by atoms with van der Waals surface area (Å²) >= 11 is 11.4. The molecule has 1 aromatic rings. The average Bonchev–Trinajstić information content (AvgIpc) is 2.98. The van der Waals surface area contributed by atoms with Crippen molar-refractivity contribution >= 4 is 46.4 Å². The first-order valence-electron chi connectivity index (χ1n) is 6.18. The number of amides is 2. The van der Waals surface area contributed by atoms with E-state index in [1.807, 2.05) is 0 Å². The summed E-state index contributed by atoms with van der Waals surface area (Å²) in [5.74, 6) is -1.92. The van der Waals surface area contributed by atoms with Gasteiger partial charge in [-0.1, -0.05) is 0 Å². The minimum absolute atomic E-state index is 0.0201. The summed E-state index contributed by atoms with van der Waals surface area (Å²) in [6.07, 6.45) is -4.51. The molecule has 2 rings (SSSR count). The SMILES string of the molecule is CC(=O)Nc1ccc(NC(=O)C2CC2(Cl)Cl)c(C(F)(F)F)c1. The van der Waals surface area contributed by atoms with Gasteiger partial charge < -0.3 is 10.6 Å². The molecule has 4 nitrogen and oxygen atoms in total. The Labute approximate surface area is 134 Å². The van der Waals surface area contributed by atoms with Crippen molar-refractivity contribution in [3.05, 3.63) is 23.8 Å².